The highest BCUT2D eigenvalue weighted by Gasteiger charge is 2.24. The molecule has 1 aliphatic rings. The van der Waals surface area contributed by atoms with Crippen LogP contribution in [-0.4, -0.2) is 59.7 Å². The third-order valence-corrected chi connectivity index (χ3v) is 4.70. The van der Waals surface area contributed by atoms with Gasteiger partial charge in [0.15, 0.2) is 5.82 Å². The molecule has 0 radical (unpaired) electrons. The molecule has 0 aliphatic carbocycles. The molecule has 2 aromatic rings. The highest BCUT2D eigenvalue weighted by molar-refractivity contribution is 5.14. The lowest BCUT2D eigenvalue weighted by atomic mass is 10.1. The Labute approximate surface area is 149 Å². The number of rotatable bonds is 8. The lowest BCUT2D eigenvalue weighted by molar-refractivity contribution is 0.0173. The van der Waals surface area contributed by atoms with E-state index in [1.54, 1.807) is 7.11 Å². The standard InChI is InChI=1S/C19H28N4O2/c1-16(22-11-14-25-15-12-22)19-20-18(9-13-24-2)21-23(19)10-8-17-6-4-3-5-7-17/h3-7,16H,8-15H2,1-2H3/t16-/m0/s1. The molecule has 0 saturated carbocycles. The van der Waals surface area contributed by atoms with Gasteiger partial charge in [0.1, 0.15) is 5.82 Å². The van der Waals surface area contributed by atoms with Crippen molar-refractivity contribution in [3.63, 3.8) is 0 Å². The predicted octanol–water partition coefficient (Wildman–Crippen LogP) is 2.10. The fraction of sp³-hybridized carbons (Fsp3) is 0.579. The van der Waals surface area contributed by atoms with E-state index in [1.807, 2.05) is 6.07 Å². The van der Waals surface area contributed by atoms with Crippen LogP contribution in [0, 0.1) is 0 Å². The van der Waals surface area contributed by atoms with E-state index < -0.39 is 0 Å². The van der Waals surface area contributed by atoms with Gasteiger partial charge < -0.3 is 9.47 Å². The minimum Gasteiger partial charge on any atom is -0.384 e. The highest BCUT2D eigenvalue weighted by atomic mass is 16.5. The molecule has 1 fully saturated rings. The Morgan fingerprint density at radius 1 is 1.16 bits per heavy atom. The van der Waals surface area contributed by atoms with Crippen LogP contribution in [0.15, 0.2) is 30.3 Å². The van der Waals surface area contributed by atoms with E-state index in [0.29, 0.717) is 6.61 Å². The number of hydrogen-bond donors (Lipinski definition) is 0. The zero-order valence-corrected chi connectivity index (χ0v) is 15.2. The van der Waals surface area contributed by atoms with E-state index in [4.69, 9.17) is 19.6 Å². The first-order chi connectivity index (χ1) is 12.3. The van der Waals surface area contributed by atoms with Gasteiger partial charge in [0.2, 0.25) is 0 Å². The SMILES string of the molecule is COCCc1nc([C@H](C)N2CCOCC2)n(CCc2ccccc2)n1. The van der Waals surface area contributed by atoms with Gasteiger partial charge in [-0.25, -0.2) is 9.67 Å². The molecule has 0 unspecified atom stereocenters. The van der Waals surface area contributed by atoms with Crippen molar-refractivity contribution in [2.75, 3.05) is 40.0 Å². The molecule has 1 saturated heterocycles. The normalized spacial score (nSPS) is 16.9. The van der Waals surface area contributed by atoms with Gasteiger partial charge in [-0.15, -0.1) is 0 Å². The largest absolute Gasteiger partial charge is 0.384 e. The second kappa shape index (κ2) is 9.08. The summed E-state index contributed by atoms with van der Waals surface area (Å²) in [7, 11) is 1.71. The van der Waals surface area contributed by atoms with E-state index in [9.17, 15) is 0 Å². The van der Waals surface area contributed by atoms with Crippen LogP contribution in [0.1, 0.15) is 30.2 Å². The monoisotopic (exact) mass is 344 g/mol. The lowest BCUT2D eigenvalue weighted by Gasteiger charge is -2.31. The molecule has 3 rings (SSSR count). The van der Waals surface area contributed by atoms with E-state index in [-0.39, 0.29) is 6.04 Å². The maximum absolute atomic E-state index is 5.48. The molecule has 1 aromatic carbocycles. The molecule has 6 heteroatoms. The smallest absolute Gasteiger partial charge is 0.153 e. The highest BCUT2D eigenvalue weighted by Crippen LogP contribution is 2.20. The molecule has 0 amide bonds. The molecule has 136 valence electrons. The van der Waals surface area contributed by atoms with Gasteiger partial charge in [0.05, 0.1) is 25.9 Å². The van der Waals surface area contributed by atoms with Crippen LogP contribution in [0.25, 0.3) is 0 Å². The zero-order valence-electron chi connectivity index (χ0n) is 15.2. The number of aromatic nitrogens is 3. The van der Waals surface area contributed by atoms with Crippen LogP contribution in [0.3, 0.4) is 0 Å². The average Bonchev–Trinajstić information content (AvgIpc) is 3.08. The maximum atomic E-state index is 5.48. The van der Waals surface area contributed by atoms with Gasteiger partial charge in [0, 0.05) is 33.2 Å². The summed E-state index contributed by atoms with van der Waals surface area (Å²) in [6, 6.07) is 10.8. The Bertz CT molecular complexity index is 638. The summed E-state index contributed by atoms with van der Waals surface area (Å²) in [6.07, 6.45) is 1.70. The first-order valence-electron chi connectivity index (χ1n) is 9.06. The number of ether oxygens (including phenoxy) is 2. The van der Waals surface area contributed by atoms with E-state index in [1.165, 1.54) is 5.56 Å². The Kier molecular flexibility index (Phi) is 6.55. The summed E-state index contributed by atoms with van der Waals surface area (Å²) in [5, 5.41) is 4.75. The van der Waals surface area contributed by atoms with Gasteiger partial charge in [0.25, 0.3) is 0 Å². The zero-order chi connectivity index (χ0) is 17.5. The van der Waals surface area contributed by atoms with Crippen molar-refractivity contribution in [3.8, 4) is 0 Å². The molecule has 25 heavy (non-hydrogen) atoms. The van der Waals surface area contributed by atoms with Gasteiger partial charge in [-0.2, -0.15) is 5.10 Å². The summed E-state index contributed by atoms with van der Waals surface area (Å²) in [5.41, 5.74) is 1.32. The number of morpholine rings is 1. The number of methoxy groups -OCH3 is 1. The molecule has 2 heterocycles. The molecule has 6 nitrogen and oxygen atoms in total. The van der Waals surface area contributed by atoms with Crippen LogP contribution in [0.5, 0.6) is 0 Å². The van der Waals surface area contributed by atoms with Crippen LogP contribution in [0.4, 0.5) is 0 Å². The van der Waals surface area contributed by atoms with Gasteiger partial charge in [-0.3, -0.25) is 4.90 Å². The molecule has 0 spiro atoms. The predicted molar refractivity (Wildman–Crippen MR) is 96.6 cm³/mol. The molecule has 0 N–H and O–H groups in total. The van der Waals surface area contributed by atoms with E-state index in [2.05, 4.69) is 40.8 Å². The molecule has 1 atom stereocenters. The van der Waals surface area contributed by atoms with Crippen LogP contribution < -0.4 is 0 Å². The van der Waals surface area contributed by atoms with Crippen molar-refractivity contribution in [1.82, 2.24) is 19.7 Å². The third-order valence-electron chi connectivity index (χ3n) is 4.70. The molecule has 0 bridgehead atoms. The van der Waals surface area contributed by atoms with Crippen LogP contribution >= 0.6 is 0 Å². The van der Waals surface area contributed by atoms with Crippen molar-refractivity contribution in [2.45, 2.75) is 32.4 Å². The molecular formula is C19H28N4O2. The van der Waals surface area contributed by atoms with Gasteiger partial charge in [-0.1, -0.05) is 30.3 Å². The van der Waals surface area contributed by atoms with E-state index >= 15 is 0 Å². The van der Waals surface area contributed by atoms with Crippen molar-refractivity contribution in [2.24, 2.45) is 0 Å². The topological polar surface area (TPSA) is 52.4 Å². The van der Waals surface area contributed by atoms with Crippen LogP contribution in [-0.2, 0) is 28.9 Å². The Morgan fingerprint density at radius 3 is 2.64 bits per heavy atom. The average molecular weight is 344 g/mol. The van der Waals surface area contributed by atoms with Crippen molar-refractivity contribution < 1.29 is 9.47 Å². The number of aryl methyl sites for hydroxylation is 2. The Morgan fingerprint density at radius 2 is 1.92 bits per heavy atom. The quantitative estimate of drug-likeness (QED) is 0.734. The summed E-state index contributed by atoms with van der Waals surface area (Å²) in [5.74, 6) is 1.91. The molecule has 1 aromatic heterocycles. The second-order valence-corrected chi connectivity index (χ2v) is 6.41. The van der Waals surface area contributed by atoms with Crippen molar-refractivity contribution in [3.05, 3.63) is 47.5 Å². The summed E-state index contributed by atoms with van der Waals surface area (Å²) in [4.78, 5) is 7.25. The first kappa shape index (κ1) is 18.0. The fourth-order valence-electron chi connectivity index (χ4n) is 3.18. The lowest BCUT2D eigenvalue weighted by Crippen LogP contribution is -2.39. The minimum atomic E-state index is 0.239. The van der Waals surface area contributed by atoms with Crippen LogP contribution in [0.2, 0.25) is 0 Å². The summed E-state index contributed by atoms with van der Waals surface area (Å²) in [6.45, 7) is 7.18. The number of benzene rings is 1. The Hall–Kier alpha value is -1.76. The van der Waals surface area contributed by atoms with Gasteiger partial charge >= 0.3 is 0 Å². The maximum Gasteiger partial charge on any atom is 0.153 e. The third kappa shape index (κ3) is 4.87. The minimum absolute atomic E-state index is 0.239. The molecular weight excluding hydrogens is 316 g/mol. The Balaban J connectivity index is 1.75. The first-order valence-corrected chi connectivity index (χ1v) is 9.06. The number of hydrogen-bond acceptors (Lipinski definition) is 5. The molecule has 1 aliphatic heterocycles. The van der Waals surface area contributed by atoms with E-state index in [0.717, 1.165) is 57.3 Å². The van der Waals surface area contributed by atoms with Crippen molar-refractivity contribution >= 4 is 0 Å². The van der Waals surface area contributed by atoms with Gasteiger partial charge in [-0.05, 0) is 18.9 Å². The number of nitrogens with zero attached hydrogens (tertiary/aromatic N) is 4. The summed E-state index contributed by atoms with van der Waals surface area (Å²) >= 11 is 0. The fourth-order valence-corrected chi connectivity index (χ4v) is 3.18. The summed E-state index contributed by atoms with van der Waals surface area (Å²) < 4.78 is 12.7. The van der Waals surface area contributed by atoms with Crippen molar-refractivity contribution in [1.29, 1.82) is 0 Å². The second-order valence-electron chi connectivity index (χ2n) is 6.41.